The molecule has 1 heterocycles. The van der Waals surface area contributed by atoms with Gasteiger partial charge in [-0.3, -0.25) is 4.79 Å². The van der Waals surface area contributed by atoms with Crippen molar-refractivity contribution in [2.75, 3.05) is 26.1 Å². The molecule has 0 spiro atoms. The molecule has 0 fully saturated rings. The zero-order valence-corrected chi connectivity index (χ0v) is 19.4. The van der Waals surface area contributed by atoms with Gasteiger partial charge in [0.1, 0.15) is 10.6 Å². The molecule has 0 unspecified atom stereocenters. The summed E-state index contributed by atoms with van der Waals surface area (Å²) in [6, 6.07) is 12.4. The van der Waals surface area contributed by atoms with Crippen molar-refractivity contribution >= 4 is 45.9 Å². The van der Waals surface area contributed by atoms with Gasteiger partial charge in [0.05, 0.1) is 20.8 Å². The number of carbonyl (C=O) groups is 2. The molecular weight excluding hydrogens is 450 g/mol. The van der Waals surface area contributed by atoms with Crippen molar-refractivity contribution < 1.29 is 23.8 Å². The number of thiophene rings is 1. The molecule has 3 rings (SSSR count). The Morgan fingerprint density at radius 3 is 2.44 bits per heavy atom. The quantitative estimate of drug-likeness (QED) is 0.326. The average molecular weight is 472 g/mol. The highest BCUT2D eigenvalue weighted by Gasteiger charge is 2.22. The van der Waals surface area contributed by atoms with Gasteiger partial charge in [0.15, 0.2) is 11.5 Å². The van der Waals surface area contributed by atoms with E-state index in [1.165, 1.54) is 17.4 Å². The number of nitrogens with one attached hydrogen (secondary N) is 1. The van der Waals surface area contributed by atoms with E-state index in [-0.39, 0.29) is 12.5 Å². The van der Waals surface area contributed by atoms with Crippen molar-refractivity contribution in [3.8, 4) is 22.6 Å². The lowest BCUT2D eigenvalue weighted by atomic mass is 10.0. The smallest absolute Gasteiger partial charge is 0.341 e. The van der Waals surface area contributed by atoms with E-state index in [2.05, 4.69) is 5.32 Å². The van der Waals surface area contributed by atoms with Gasteiger partial charge in [-0.05, 0) is 48.4 Å². The van der Waals surface area contributed by atoms with Crippen LogP contribution < -0.4 is 14.8 Å². The van der Waals surface area contributed by atoms with Crippen LogP contribution >= 0.6 is 22.9 Å². The Bertz CT molecular complexity index is 1140. The van der Waals surface area contributed by atoms with E-state index in [1.54, 1.807) is 57.6 Å². The van der Waals surface area contributed by atoms with Crippen molar-refractivity contribution in [1.29, 1.82) is 0 Å². The third-order valence-electron chi connectivity index (χ3n) is 4.50. The Morgan fingerprint density at radius 1 is 1.06 bits per heavy atom. The molecule has 1 amide bonds. The first kappa shape index (κ1) is 23.4. The lowest BCUT2D eigenvalue weighted by Gasteiger charge is -2.08. The van der Waals surface area contributed by atoms with E-state index < -0.39 is 5.97 Å². The summed E-state index contributed by atoms with van der Waals surface area (Å²) in [5.41, 5.74) is 2.54. The molecule has 0 saturated carbocycles. The predicted molar refractivity (Wildman–Crippen MR) is 128 cm³/mol. The summed E-state index contributed by atoms with van der Waals surface area (Å²) in [6.45, 7) is 1.96. The number of methoxy groups -OCH3 is 2. The minimum Gasteiger partial charge on any atom is -0.493 e. The van der Waals surface area contributed by atoms with E-state index in [1.807, 2.05) is 17.5 Å². The molecule has 2 aromatic carbocycles. The number of hydrogen-bond donors (Lipinski definition) is 1. The first-order chi connectivity index (χ1) is 15.5. The fraction of sp³-hybridized carbons (Fsp3) is 0.167. The highest BCUT2D eigenvalue weighted by molar-refractivity contribution is 7.15. The second kappa shape index (κ2) is 10.8. The van der Waals surface area contributed by atoms with Crippen LogP contribution in [0.25, 0.3) is 17.2 Å². The average Bonchev–Trinajstić information content (AvgIpc) is 3.21. The Hall–Kier alpha value is -3.29. The molecule has 166 valence electrons. The van der Waals surface area contributed by atoms with Gasteiger partial charge in [-0.15, -0.1) is 11.3 Å². The number of halogens is 1. The number of carbonyl (C=O) groups excluding carboxylic acids is 2. The van der Waals surface area contributed by atoms with E-state index in [9.17, 15) is 9.59 Å². The summed E-state index contributed by atoms with van der Waals surface area (Å²) in [5, 5.41) is 5.60. The van der Waals surface area contributed by atoms with E-state index in [0.29, 0.717) is 32.6 Å². The molecular formula is C24H22ClNO5S. The van der Waals surface area contributed by atoms with Crippen molar-refractivity contribution in [3.63, 3.8) is 0 Å². The van der Waals surface area contributed by atoms with Crippen molar-refractivity contribution in [2.24, 2.45) is 0 Å². The van der Waals surface area contributed by atoms with Gasteiger partial charge < -0.3 is 19.5 Å². The van der Waals surface area contributed by atoms with Gasteiger partial charge in [0.25, 0.3) is 0 Å². The molecule has 8 heteroatoms. The molecule has 6 nitrogen and oxygen atoms in total. The first-order valence-corrected chi connectivity index (χ1v) is 11.0. The highest BCUT2D eigenvalue weighted by Crippen LogP contribution is 2.36. The van der Waals surface area contributed by atoms with Crippen LogP contribution in [-0.4, -0.2) is 32.7 Å². The number of ether oxygens (including phenoxy) is 3. The third-order valence-corrected chi connectivity index (χ3v) is 5.64. The topological polar surface area (TPSA) is 73.9 Å². The summed E-state index contributed by atoms with van der Waals surface area (Å²) in [4.78, 5) is 25.2. The van der Waals surface area contributed by atoms with Gasteiger partial charge in [-0.25, -0.2) is 4.79 Å². The molecule has 1 aromatic heterocycles. The van der Waals surface area contributed by atoms with E-state index in [0.717, 1.165) is 11.1 Å². The number of amides is 1. The monoisotopic (exact) mass is 471 g/mol. The second-order valence-electron chi connectivity index (χ2n) is 6.52. The van der Waals surface area contributed by atoms with Crippen LogP contribution in [0.2, 0.25) is 5.02 Å². The third kappa shape index (κ3) is 5.49. The number of benzene rings is 2. The lowest BCUT2D eigenvalue weighted by molar-refractivity contribution is -0.111. The van der Waals surface area contributed by atoms with Gasteiger partial charge in [-0.1, -0.05) is 29.8 Å². The normalized spacial score (nSPS) is 10.8. The van der Waals surface area contributed by atoms with Crippen LogP contribution in [0, 0.1) is 0 Å². The Labute approximate surface area is 195 Å². The summed E-state index contributed by atoms with van der Waals surface area (Å²) in [5.74, 6) is 0.278. The molecule has 0 saturated heterocycles. The van der Waals surface area contributed by atoms with E-state index >= 15 is 0 Å². The van der Waals surface area contributed by atoms with Gasteiger partial charge in [0, 0.05) is 22.0 Å². The second-order valence-corrected chi connectivity index (χ2v) is 7.83. The van der Waals surface area contributed by atoms with Crippen LogP contribution in [-0.2, 0) is 9.53 Å². The van der Waals surface area contributed by atoms with Crippen molar-refractivity contribution in [3.05, 3.63) is 70.1 Å². The van der Waals surface area contributed by atoms with Crippen LogP contribution in [0.15, 0.2) is 53.9 Å². The molecule has 32 heavy (non-hydrogen) atoms. The molecule has 0 bridgehead atoms. The highest BCUT2D eigenvalue weighted by atomic mass is 35.5. The number of anilines is 1. The zero-order chi connectivity index (χ0) is 23.1. The Morgan fingerprint density at radius 2 is 1.78 bits per heavy atom. The zero-order valence-electron chi connectivity index (χ0n) is 17.8. The maximum atomic E-state index is 12.6. The molecule has 0 aliphatic heterocycles. The number of hydrogen-bond acceptors (Lipinski definition) is 6. The van der Waals surface area contributed by atoms with Gasteiger partial charge >= 0.3 is 5.97 Å². The summed E-state index contributed by atoms with van der Waals surface area (Å²) >= 11 is 7.23. The minimum absolute atomic E-state index is 0.224. The minimum atomic E-state index is -0.502. The van der Waals surface area contributed by atoms with Crippen molar-refractivity contribution in [1.82, 2.24) is 0 Å². The SMILES string of the molecule is CCOC(=O)c1c(-c2ccc(Cl)cc2)csc1NC(=O)/C=C/c1ccc(OC)c(OC)c1. The molecule has 0 aliphatic carbocycles. The standard InChI is InChI=1S/C24H22ClNO5S/c1-4-31-24(28)22-18(16-7-9-17(25)10-8-16)14-32-23(22)26-21(27)12-6-15-5-11-19(29-2)20(13-15)30-3/h5-14H,4H2,1-3H3,(H,26,27)/b12-6+. The van der Waals surface area contributed by atoms with Crippen molar-refractivity contribution in [2.45, 2.75) is 6.92 Å². The summed E-state index contributed by atoms with van der Waals surface area (Å²) in [7, 11) is 3.10. The first-order valence-electron chi connectivity index (χ1n) is 9.72. The number of esters is 1. The Balaban J connectivity index is 1.84. The molecule has 0 radical (unpaired) electrons. The maximum absolute atomic E-state index is 12.6. The predicted octanol–water partition coefficient (Wildman–Crippen LogP) is 5.91. The fourth-order valence-electron chi connectivity index (χ4n) is 2.98. The largest absolute Gasteiger partial charge is 0.493 e. The van der Waals surface area contributed by atoms with Gasteiger partial charge in [0.2, 0.25) is 5.91 Å². The Kier molecular flexibility index (Phi) is 7.92. The van der Waals surface area contributed by atoms with Gasteiger partial charge in [-0.2, -0.15) is 0 Å². The molecule has 3 aromatic rings. The maximum Gasteiger partial charge on any atom is 0.341 e. The molecule has 1 N–H and O–H groups in total. The number of rotatable bonds is 8. The van der Waals surface area contributed by atoms with Crippen LogP contribution in [0.3, 0.4) is 0 Å². The van der Waals surface area contributed by atoms with Crippen LogP contribution in [0.4, 0.5) is 5.00 Å². The van der Waals surface area contributed by atoms with E-state index in [4.69, 9.17) is 25.8 Å². The summed E-state index contributed by atoms with van der Waals surface area (Å²) < 4.78 is 15.7. The van der Waals surface area contributed by atoms with Crippen LogP contribution in [0.5, 0.6) is 11.5 Å². The molecule has 0 aliphatic rings. The lowest BCUT2D eigenvalue weighted by Crippen LogP contribution is -2.12. The fourth-order valence-corrected chi connectivity index (χ4v) is 4.07. The summed E-state index contributed by atoms with van der Waals surface area (Å²) in [6.07, 6.45) is 3.03. The van der Waals surface area contributed by atoms with Crippen LogP contribution in [0.1, 0.15) is 22.8 Å². The molecule has 0 atom stereocenters.